The molecule has 124 valence electrons. The van der Waals surface area contributed by atoms with Gasteiger partial charge in [-0.1, -0.05) is 18.2 Å². The normalized spacial score (nSPS) is 16.7. The molecule has 1 aromatic heterocycles. The Bertz CT molecular complexity index is 762. The van der Waals surface area contributed by atoms with E-state index in [0.29, 0.717) is 32.2 Å². The number of carbonyl (C=O) groups excluding carboxylic acids is 1. The zero-order valence-electron chi connectivity index (χ0n) is 13.5. The largest absolute Gasteiger partial charge is 0.492 e. The molecule has 0 saturated carbocycles. The van der Waals surface area contributed by atoms with Crippen molar-refractivity contribution in [3.05, 3.63) is 47.3 Å². The number of nitrogens with zero attached hydrogens (tertiary/aromatic N) is 3. The van der Waals surface area contributed by atoms with Crippen LogP contribution in [0.4, 0.5) is 5.95 Å². The first kappa shape index (κ1) is 15.1. The van der Waals surface area contributed by atoms with Crippen LogP contribution in [-0.2, 0) is 24.2 Å². The lowest BCUT2D eigenvalue weighted by Gasteiger charge is -2.18. The molecule has 0 unspecified atom stereocenters. The summed E-state index contributed by atoms with van der Waals surface area (Å²) in [6, 6.07) is 7.96. The van der Waals surface area contributed by atoms with Crippen molar-refractivity contribution in [2.75, 3.05) is 25.0 Å². The molecule has 0 saturated heterocycles. The fraction of sp³-hybridized carbons (Fsp3) is 0.389. The minimum Gasteiger partial charge on any atom is -0.492 e. The van der Waals surface area contributed by atoms with Crippen LogP contribution in [-0.4, -0.2) is 40.5 Å². The molecule has 4 rings (SSSR count). The van der Waals surface area contributed by atoms with Crippen LogP contribution in [0.2, 0.25) is 0 Å². The predicted octanol–water partition coefficient (Wildman–Crippen LogP) is 1.80. The number of ether oxygens (including phenoxy) is 1. The topological polar surface area (TPSA) is 67.3 Å². The van der Waals surface area contributed by atoms with Gasteiger partial charge in [0.2, 0.25) is 11.9 Å². The number of amides is 1. The van der Waals surface area contributed by atoms with Crippen LogP contribution in [0.1, 0.15) is 23.2 Å². The number of hydrogen-bond donors (Lipinski definition) is 1. The average molecular weight is 324 g/mol. The average Bonchev–Trinajstić information content (AvgIpc) is 2.94. The first-order valence-corrected chi connectivity index (χ1v) is 8.35. The Kier molecular flexibility index (Phi) is 4.13. The fourth-order valence-electron chi connectivity index (χ4n) is 3.26. The Balaban J connectivity index is 1.39. The monoisotopic (exact) mass is 324 g/mol. The Morgan fingerprint density at radius 1 is 1.25 bits per heavy atom. The van der Waals surface area contributed by atoms with Crippen LogP contribution in [0.3, 0.4) is 0 Å². The molecule has 6 nitrogen and oxygen atoms in total. The number of aryl methyl sites for hydroxylation is 2. The lowest BCUT2D eigenvalue weighted by atomic mass is 10.2. The molecule has 2 aromatic rings. The second kappa shape index (κ2) is 6.57. The van der Waals surface area contributed by atoms with E-state index in [1.807, 2.05) is 30.5 Å². The molecule has 1 N–H and O–H groups in total. The second-order valence-corrected chi connectivity index (χ2v) is 6.23. The van der Waals surface area contributed by atoms with Gasteiger partial charge in [0, 0.05) is 30.5 Å². The van der Waals surface area contributed by atoms with Crippen LogP contribution >= 0.6 is 0 Å². The molecule has 2 heterocycles. The molecule has 1 aromatic carbocycles. The van der Waals surface area contributed by atoms with Crippen LogP contribution < -0.4 is 10.1 Å². The summed E-state index contributed by atoms with van der Waals surface area (Å²) in [4.78, 5) is 23.1. The number of benzene rings is 1. The Labute approximate surface area is 140 Å². The van der Waals surface area contributed by atoms with Gasteiger partial charge in [0.15, 0.2) is 0 Å². The zero-order valence-corrected chi connectivity index (χ0v) is 13.5. The van der Waals surface area contributed by atoms with Crippen molar-refractivity contribution in [2.45, 2.75) is 25.8 Å². The van der Waals surface area contributed by atoms with Gasteiger partial charge in [-0.25, -0.2) is 9.97 Å². The summed E-state index contributed by atoms with van der Waals surface area (Å²) < 4.78 is 5.73. The standard InChI is InChI=1S/C18H20N4O2/c23-17(21-18-19-10-13-5-3-6-15(13)20-18)12-22-8-9-24-16-7-2-1-4-14(16)11-22/h1-2,4,7,10H,3,5-6,8-9,11-12H2,(H,19,20,21,23). The maximum Gasteiger partial charge on any atom is 0.240 e. The van der Waals surface area contributed by atoms with E-state index in [1.165, 1.54) is 5.56 Å². The van der Waals surface area contributed by atoms with Crippen molar-refractivity contribution >= 4 is 11.9 Å². The van der Waals surface area contributed by atoms with Gasteiger partial charge in [-0.2, -0.15) is 0 Å². The third-order valence-electron chi connectivity index (χ3n) is 4.46. The highest BCUT2D eigenvalue weighted by atomic mass is 16.5. The van der Waals surface area contributed by atoms with Gasteiger partial charge in [0.25, 0.3) is 0 Å². The van der Waals surface area contributed by atoms with Gasteiger partial charge < -0.3 is 4.74 Å². The molecule has 0 spiro atoms. The van der Waals surface area contributed by atoms with Crippen LogP contribution in [0.5, 0.6) is 5.75 Å². The van der Waals surface area contributed by atoms with E-state index in [0.717, 1.165) is 36.3 Å². The molecule has 0 atom stereocenters. The summed E-state index contributed by atoms with van der Waals surface area (Å²) in [6.07, 6.45) is 4.97. The van der Waals surface area contributed by atoms with Gasteiger partial charge in [-0.05, 0) is 30.9 Å². The molecule has 24 heavy (non-hydrogen) atoms. The van der Waals surface area contributed by atoms with E-state index in [4.69, 9.17) is 4.74 Å². The number of para-hydroxylation sites is 1. The summed E-state index contributed by atoms with van der Waals surface area (Å²) in [5, 5.41) is 2.82. The summed E-state index contributed by atoms with van der Waals surface area (Å²) in [7, 11) is 0. The van der Waals surface area contributed by atoms with Crippen molar-refractivity contribution in [3.63, 3.8) is 0 Å². The SMILES string of the molecule is O=C(CN1CCOc2ccccc2C1)Nc1ncc2c(n1)CCC2. The maximum atomic E-state index is 12.3. The van der Waals surface area contributed by atoms with E-state index in [1.54, 1.807) is 0 Å². The molecule has 1 aliphatic heterocycles. The molecule has 1 aliphatic carbocycles. The lowest BCUT2D eigenvalue weighted by molar-refractivity contribution is -0.117. The number of carbonyl (C=O) groups is 1. The van der Waals surface area contributed by atoms with Crippen LogP contribution in [0, 0.1) is 0 Å². The Morgan fingerprint density at radius 3 is 3.12 bits per heavy atom. The number of nitrogens with one attached hydrogen (secondary N) is 1. The number of aromatic nitrogens is 2. The first-order chi connectivity index (χ1) is 11.8. The van der Waals surface area contributed by atoms with Gasteiger partial charge in [0.05, 0.1) is 6.54 Å². The molecular weight excluding hydrogens is 304 g/mol. The molecule has 0 bridgehead atoms. The summed E-state index contributed by atoms with van der Waals surface area (Å²) in [6.45, 7) is 2.31. The fourth-order valence-corrected chi connectivity index (χ4v) is 3.26. The third-order valence-corrected chi connectivity index (χ3v) is 4.46. The van der Waals surface area contributed by atoms with Crippen molar-refractivity contribution < 1.29 is 9.53 Å². The quantitative estimate of drug-likeness (QED) is 0.932. The highest BCUT2D eigenvalue weighted by Crippen LogP contribution is 2.22. The molecule has 0 fully saturated rings. The molecular formula is C18H20N4O2. The van der Waals surface area contributed by atoms with E-state index in [9.17, 15) is 4.79 Å². The molecule has 2 aliphatic rings. The van der Waals surface area contributed by atoms with Crippen LogP contribution in [0.25, 0.3) is 0 Å². The van der Waals surface area contributed by atoms with E-state index >= 15 is 0 Å². The van der Waals surface area contributed by atoms with Crippen molar-refractivity contribution in [1.82, 2.24) is 14.9 Å². The van der Waals surface area contributed by atoms with Gasteiger partial charge in [0.1, 0.15) is 12.4 Å². The maximum absolute atomic E-state index is 12.3. The zero-order chi connectivity index (χ0) is 16.4. The second-order valence-electron chi connectivity index (χ2n) is 6.23. The highest BCUT2D eigenvalue weighted by molar-refractivity contribution is 5.90. The number of anilines is 1. The number of rotatable bonds is 3. The Morgan fingerprint density at radius 2 is 2.17 bits per heavy atom. The van der Waals surface area contributed by atoms with Crippen molar-refractivity contribution in [1.29, 1.82) is 0 Å². The van der Waals surface area contributed by atoms with Gasteiger partial charge >= 0.3 is 0 Å². The first-order valence-electron chi connectivity index (χ1n) is 8.35. The number of hydrogen-bond acceptors (Lipinski definition) is 5. The highest BCUT2D eigenvalue weighted by Gasteiger charge is 2.19. The van der Waals surface area contributed by atoms with Gasteiger partial charge in [-0.3, -0.25) is 15.0 Å². The van der Waals surface area contributed by atoms with Crippen molar-refractivity contribution in [3.8, 4) is 5.75 Å². The number of fused-ring (bicyclic) bond motifs is 2. The van der Waals surface area contributed by atoms with E-state index in [-0.39, 0.29) is 5.91 Å². The van der Waals surface area contributed by atoms with Crippen LogP contribution in [0.15, 0.2) is 30.5 Å². The third kappa shape index (κ3) is 3.23. The minimum absolute atomic E-state index is 0.0904. The van der Waals surface area contributed by atoms with Gasteiger partial charge in [-0.15, -0.1) is 0 Å². The minimum atomic E-state index is -0.0904. The smallest absolute Gasteiger partial charge is 0.240 e. The molecule has 6 heteroatoms. The summed E-state index contributed by atoms with van der Waals surface area (Å²) in [5.41, 5.74) is 3.38. The molecule has 0 radical (unpaired) electrons. The summed E-state index contributed by atoms with van der Waals surface area (Å²) in [5.74, 6) is 1.22. The van der Waals surface area contributed by atoms with E-state index < -0.39 is 0 Å². The summed E-state index contributed by atoms with van der Waals surface area (Å²) >= 11 is 0. The Hall–Kier alpha value is -2.47. The molecule has 1 amide bonds. The van der Waals surface area contributed by atoms with E-state index in [2.05, 4.69) is 20.2 Å². The van der Waals surface area contributed by atoms with Crippen molar-refractivity contribution in [2.24, 2.45) is 0 Å². The predicted molar refractivity (Wildman–Crippen MR) is 89.9 cm³/mol. The lowest BCUT2D eigenvalue weighted by Crippen LogP contribution is -2.34.